The summed E-state index contributed by atoms with van der Waals surface area (Å²) in [6, 6.07) is 3.59. The van der Waals surface area contributed by atoms with Gasteiger partial charge in [0.2, 0.25) is 11.8 Å². The Morgan fingerprint density at radius 1 is 1.31 bits per heavy atom. The highest BCUT2D eigenvalue weighted by Gasteiger charge is 2.31. The van der Waals surface area contributed by atoms with Crippen LogP contribution < -0.4 is 10.1 Å². The fourth-order valence-corrected chi connectivity index (χ4v) is 3.19. The molecule has 1 unspecified atom stereocenters. The summed E-state index contributed by atoms with van der Waals surface area (Å²) >= 11 is 1.36. The summed E-state index contributed by atoms with van der Waals surface area (Å²) < 4.78 is 40.3. The summed E-state index contributed by atoms with van der Waals surface area (Å²) in [4.78, 5) is 36.0. The minimum absolute atomic E-state index is 0.186. The van der Waals surface area contributed by atoms with Gasteiger partial charge in [-0.3, -0.25) is 14.4 Å². The van der Waals surface area contributed by atoms with E-state index in [1.165, 1.54) is 28.8 Å². The van der Waals surface area contributed by atoms with Crippen molar-refractivity contribution in [1.29, 1.82) is 0 Å². The first-order valence-electron chi connectivity index (χ1n) is 7.36. The molecule has 0 saturated carbocycles. The number of rotatable bonds is 7. The van der Waals surface area contributed by atoms with Crippen molar-refractivity contribution in [1.82, 2.24) is 10.2 Å². The molecule has 2 N–H and O–H groups in total. The van der Waals surface area contributed by atoms with Crippen LogP contribution in [0.3, 0.4) is 0 Å². The van der Waals surface area contributed by atoms with Crippen LogP contribution in [0.15, 0.2) is 24.3 Å². The van der Waals surface area contributed by atoms with Crippen LogP contribution in [-0.4, -0.2) is 52.3 Å². The van der Waals surface area contributed by atoms with Crippen LogP contribution in [0, 0.1) is 0 Å². The van der Waals surface area contributed by atoms with Gasteiger partial charge in [0.25, 0.3) is 0 Å². The van der Waals surface area contributed by atoms with Gasteiger partial charge >= 0.3 is 12.3 Å². The van der Waals surface area contributed by atoms with Crippen LogP contribution in [0.2, 0.25) is 0 Å². The highest BCUT2D eigenvalue weighted by molar-refractivity contribution is 8.00. The quantitative estimate of drug-likeness (QED) is 0.734. The van der Waals surface area contributed by atoms with Crippen molar-refractivity contribution < 1.29 is 37.4 Å². The third-order valence-electron chi connectivity index (χ3n) is 3.39. The second-order valence-corrected chi connectivity index (χ2v) is 6.36. The number of alkyl halides is 3. The lowest BCUT2D eigenvalue weighted by molar-refractivity contribution is -0.274. The molecule has 0 aliphatic carbocycles. The molecule has 1 aromatic rings. The Hall–Kier alpha value is -2.43. The molecule has 26 heavy (non-hydrogen) atoms. The summed E-state index contributed by atoms with van der Waals surface area (Å²) in [5.41, 5.74) is 0.303. The summed E-state index contributed by atoms with van der Waals surface area (Å²) in [7, 11) is 0. The van der Waals surface area contributed by atoms with E-state index in [0.29, 0.717) is 11.4 Å². The van der Waals surface area contributed by atoms with Crippen LogP contribution in [0.5, 0.6) is 5.75 Å². The van der Waals surface area contributed by atoms with Gasteiger partial charge < -0.3 is 20.1 Å². The summed E-state index contributed by atoms with van der Waals surface area (Å²) in [5, 5.41) is 11.5. The topological polar surface area (TPSA) is 95.9 Å². The second kappa shape index (κ2) is 8.30. The average molecular weight is 392 g/mol. The van der Waals surface area contributed by atoms with E-state index < -0.39 is 36.5 Å². The van der Waals surface area contributed by atoms with Crippen molar-refractivity contribution in [3.63, 3.8) is 0 Å². The Morgan fingerprint density at radius 3 is 2.46 bits per heavy atom. The number of aliphatic carboxylic acids is 1. The number of amides is 2. The number of halogens is 3. The molecule has 11 heteroatoms. The van der Waals surface area contributed by atoms with Gasteiger partial charge in [-0.25, -0.2) is 0 Å². The van der Waals surface area contributed by atoms with Crippen LogP contribution in [-0.2, 0) is 14.4 Å². The highest BCUT2D eigenvalue weighted by Crippen LogP contribution is 2.25. The van der Waals surface area contributed by atoms with E-state index in [4.69, 9.17) is 5.11 Å². The lowest BCUT2D eigenvalue weighted by atomic mass is 10.0. The number of carboxylic acid groups (broad SMARTS) is 1. The zero-order valence-electron chi connectivity index (χ0n) is 13.3. The SMILES string of the molecule is O=C(O)CC(NC(=O)CN1CSCC1=O)c1ccc(OC(F)(F)F)cc1. The molecule has 2 rings (SSSR count). The van der Waals surface area contributed by atoms with Crippen LogP contribution >= 0.6 is 11.8 Å². The Labute approximate surface area is 150 Å². The summed E-state index contributed by atoms with van der Waals surface area (Å²) in [6.07, 6.45) is -5.30. The number of carbonyl (C=O) groups excluding carboxylic acids is 2. The molecule has 0 aromatic heterocycles. The molecule has 1 saturated heterocycles. The maximum Gasteiger partial charge on any atom is 0.573 e. The van der Waals surface area contributed by atoms with Crippen LogP contribution in [0.25, 0.3) is 0 Å². The molecular formula is C15H15F3N2O5S. The number of ether oxygens (including phenoxy) is 1. The van der Waals surface area contributed by atoms with Gasteiger partial charge in [0.1, 0.15) is 12.3 Å². The van der Waals surface area contributed by atoms with Crippen LogP contribution in [0.4, 0.5) is 13.2 Å². The minimum atomic E-state index is -4.84. The smallest absolute Gasteiger partial charge is 0.481 e. The first-order valence-corrected chi connectivity index (χ1v) is 8.52. The molecule has 1 aromatic carbocycles. The van der Waals surface area contributed by atoms with E-state index in [9.17, 15) is 27.6 Å². The normalized spacial score (nSPS) is 15.7. The standard InChI is InChI=1S/C15H15F3N2O5S/c16-15(17,18)25-10-3-1-9(2-4-10)11(5-14(23)24)19-12(21)6-20-8-26-7-13(20)22/h1-4,11H,5-8H2,(H,19,21)(H,23,24). The van der Waals surface area contributed by atoms with Crippen molar-refractivity contribution >= 4 is 29.5 Å². The Kier molecular flexibility index (Phi) is 6.35. The zero-order valence-corrected chi connectivity index (χ0v) is 14.1. The lowest BCUT2D eigenvalue weighted by Gasteiger charge is -2.20. The third kappa shape index (κ3) is 6.14. The first-order chi connectivity index (χ1) is 12.1. The van der Waals surface area contributed by atoms with Gasteiger partial charge in [-0.15, -0.1) is 24.9 Å². The molecule has 1 aliphatic heterocycles. The largest absolute Gasteiger partial charge is 0.573 e. The number of benzene rings is 1. The molecule has 0 radical (unpaired) electrons. The number of thioether (sulfide) groups is 1. The van der Waals surface area contributed by atoms with Gasteiger partial charge in [0, 0.05) is 0 Å². The van der Waals surface area contributed by atoms with E-state index in [1.807, 2.05) is 0 Å². The minimum Gasteiger partial charge on any atom is -0.481 e. The van der Waals surface area contributed by atoms with E-state index in [0.717, 1.165) is 12.1 Å². The van der Waals surface area contributed by atoms with Crippen molar-refractivity contribution in [3.8, 4) is 5.75 Å². The number of carbonyl (C=O) groups is 3. The molecule has 142 valence electrons. The van der Waals surface area contributed by atoms with Crippen molar-refractivity contribution in [2.75, 3.05) is 18.2 Å². The van der Waals surface area contributed by atoms with Gasteiger partial charge in [0.15, 0.2) is 0 Å². The van der Waals surface area contributed by atoms with E-state index in [1.54, 1.807) is 0 Å². The predicted octanol–water partition coefficient (Wildman–Crippen LogP) is 1.75. The molecule has 1 heterocycles. The molecule has 0 spiro atoms. The average Bonchev–Trinajstić information content (AvgIpc) is 2.90. The molecule has 1 fully saturated rings. The highest BCUT2D eigenvalue weighted by atomic mass is 32.2. The second-order valence-electron chi connectivity index (χ2n) is 5.40. The molecular weight excluding hydrogens is 377 g/mol. The fraction of sp³-hybridized carbons (Fsp3) is 0.400. The first kappa shape index (κ1) is 19.9. The number of hydrogen-bond donors (Lipinski definition) is 2. The maximum atomic E-state index is 12.2. The molecule has 7 nitrogen and oxygen atoms in total. The van der Waals surface area contributed by atoms with Crippen molar-refractivity contribution in [2.45, 2.75) is 18.8 Å². The van der Waals surface area contributed by atoms with Gasteiger partial charge in [-0.05, 0) is 17.7 Å². The Balaban J connectivity index is 2.05. The van der Waals surface area contributed by atoms with Crippen molar-refractivity contribution in [2.24, 2.45) is 0 Å². The third-order valence-corrected chi connectivity index (χ3v) is 4.34. The van der Waals surface area contributed by atoms with Gasteiger partial charge in [-0.1, -0.05) is 12.1 Å². The predicted molar refractivity (Wildman–Crippen MR) is 85.3 cm³/mol. The molecule has 0 bridgehead atoms. The number of carboxylic acids is 1. The molecule has 1 aliphatic rings. The van der Waals surface area contributed by atoms with Gasteiger partial charge in [0.05, 0.1) is 24.1 Å². The van der Waals surface area contributed by atoms with E-state index in [-0.39, 0.29) is 18.2 Å². The lowest BCUT2D eigenvalue weighted by Crippen LogP contribution is -2.40. The van der Waals surface area contributed by atoms with Crippen molar-refractivity contribution in [3.05, 3.63) is 29.8 Å². The van der Waals surface area contributed by atoms with Gasteiger partial charge in [-0.2, -0.15) is 0 Å². The maximum absolute atomic E-state index is 12.2. The Morgan fingerprint density at radius 2 is 1.96 bits per heavy atom. The molecule has 1 atom stereocenters. The monoisotopic (exact) mass is 392 g/mol. The van der Waals surface area contributed by atoms with E-state index in [2.05, 4.69) is 10.1 Å². The Bertz CT molecular complexity index is 681. The fourth-order valence-electron chi connectivity index (χ4n) is 2.28. The van der Waals surface area contributed by atoms with Crippen LogP contribution in [0.1, 0.15) is 18.0 Å². The number of nitrogens with zero attached hydrogens (tertiary/aromatic N) is 1. The van der Waals surface area contributed by atoms with E-state index >= 15 is 0 Å². The molecule has 2 amide bonds. The number of nitrogens with one attached hydrogen (secondary N) is 1. The summed E-state index contributed by atoms with van der Waals surface area (Å²) in [6.45, 7) is -0.211. The summed E-state index contributed by atoms with van der Waals surface area (Å²) in [5.74, 6) is -1.73. The number of hydrogen-bond acceptors (Lipinski definition) is 5. The zero-order chi connectivity index (χ0) is 19.3.